The number of nitrogens with zero attached hydrogens (tertiary/aromatic N) is 1. The minimum atomic E-state index is -0.296. The van der Waals surface area contributed by atoms with Crippen LogP contribution in [0, 0.1) is 0 Å². The molecule has 1 aliphatic heterocycles. The maximum atomic E-state index is 11.2. The van der Waals surface area contributed by atoms with E-state index in [1.54, 1.807) is 0 Å². The van der Waals surface area contributed by atoms with Crippen molar-refractivity contribution in [3.8, 4) is 0 Å². The maximum absolute atomic E-state index is 11.2. The molecule has 2 N–H and O–H groups in total. The Kier molecular flexibility index (Phi) is 3.59. The molecular weight excluding hydrogens is 212 g/mol. The first kappa shape index (κ1) is 11.9. The van der Waals surface area contributed by atoms with Gasteiger partial charge in [0.1, 0.15) is 0 Å². The van der Waals surface area contributed by atoms with Gasteiger partial charge in [-0.3, -0.25) is 9.69 Å². The van der Waals surface area contributed by atoms with E-state index >= 15 is 0 Å². The van der Waals surface area contributed by atoms with Crippen molar-refractivity contribution in [3.63, 3.8) is 0 Å². The molecule has 90 valence electrons. The lowest BCUT2D eigenvalue weighted by molar-refractivity contribution is -0.115. The molecule has 1 aromatic rings. The number of nitrogens with two attached hydrogens (primary N) is 1. The molecule has 0 saturated carbocycles. The fourth-order valence-electron chi connectivity index (χ4n) is 2.11. The Balaban J connectivity index is 2.06. The Bertz CT molecular complexity index is 425. The summed E-state index contributed by atoms with van der Waals surface area (Å²) in [5.74, 6) is -0.296. The molecule has 0 spiro atoms. The van der Waals surface area contributed by atoms with Gasteiger partial charge in [-0.05, 0) is 18.9 Å². The Morgan fingerprint density at radius 3 is 2.76 bits per heavy atom. The minimum Gasteiger partial charge on any atom is -0.366 e. The van der Waals surface area contributed by atoms with Crippen molar-refractivity contribution in [1.82, 2.24) is 4.90 Å². The molecule has 3 nitrogen and oxygen atoms in total. The second kappa shape index (κ2) is 5.15. The van der Waals surface area contributed by atoms with Crippen molar-refractivity contribution in [1.29, 1.82) is 0 Å². The molecule has 3 heteroatoms. The number of amides is 1. The van der Waals surface area contributed by atoms with E-state index in [-0.39, 0.29) is 5.91 Å². The van der Waals surface area contributed by atoms with Gasteiger partial charge in [-0.15, -0.1) is 0 Å². The summed E-state index contributed by atoms with van der Waals surface area (Å²) >= 11 is 0. The highest BCUT2D eigenvalue weighted by atomic mass is 16.1. The van der Waals surface area contributed by atoms with Crippen molar-refractivity contribution in [2.24, 2.45) is 5.73 Å². The third-order valence-electron chi connectivity index (χ3n) is 3.25. The number of hydrogen-bond donors (Lipinski definition) is 1. The summed E-state index contributed by atoms with van der Waals surface area (Å²) in [6.45, 7) is 3.70. The van der Waals surface area contributed by atoms with Gasteiger partial charge in [0.15, 0.2) is 0 Å². The second-order valence-electron chi connectivity index (χ2n) is 4.57. The van der Waals surface area contributed by atoms with E-state index in [1.807, 2.05) is 24.3 Å². The van der Waals surface area contributed by atoms with E-state index in [9.17, 15) is 4.79 Å². The molecule has 17 heavy (non-hydrogen) atoms. The average molecular weight is 230 g/mol. The van der Waals surface area contributed by atoms with E-state index in [2.05, 4.69) is 24.0 Å². The van der Waals surface area contributed by atoms with Gasteiger partial charge in [0, 0.05) is 24.7 Å². The summed E-state index contributed by atoms with van der Waals surface area (Å²) in [5.41, 5.74) is 7.34. The molecule has 0 aromatic heterocycles. The lowest BCUT2D eigenvalue weighted by atomic mass is 10.0. The third-order valence-corrected chi connectivity index (χ3v) is 3.25. The highest BCUT2D eigenvalue weighted by Crippen LogP contribution is 2.18. The van der Waals surface area contributed by atoms with Gasteiger partial charge >= 0.3 is 0 Å². The lowest BCUT2D eigenvalue weighted by Gasteiger charge is -2.32. The van der Waals surface area contributed by atoms with Crippen molar-refractivity contribution >= 4 is 5.91 Å². The summed E-state index contributed by atoms with van der Waals surface area (Å²) in [6.07, 6.45) is 2.86. The molecule has 0 radical (unpaired) electrons. The van der Waals surface area contributed by atoms with Gasteiger partial charge < -0.3 is 5.73 Å². The van der Waals surface area contributed by atoms with Gasteiger partial charge in [0.2, 0.25) is 5.91 Å². The zero-order valence-corrected chi connectivity index (χ0v) is 10.1. The molecule has 1 atom stereocenters. The number of carbonyl (C=O) groups is 1. The second-order valence-corrected chi connectivity index (χ2v) is 4.57. The molecule has 1 amide bonds. The highest BCUT2D eigenvalue weighted by Gasteiger charge is 2.21. The molecule has 2 rings (SSSR count). The smallest absolute Gasteiger partial charge is 0.245 e. The van der Waals surface area contributed by atoms with Crippen molar-refractivity contribution in [3.05, 3.63) is 47.5 Å². The van der Waals surface area contributed by atoms with Crippen LogP contribution in [0.25, 0.3) is 0 Å². The average Bonchev–Trinajstić information content (AvgIpc) is 2.33. The normalized spacial score (nSPS) is 21.0. The first-order valence-electron chi connectivity index (χ1n) is 5.93. The molecule has 0 aliphatic carbocycles. The topological polar surface area (TPSA) is 46.3 Å². The van der Waals surface area contributed by atoms with E-state index in [0.717, 1.165) is 18.5 Å². The van der Waals surface area contributed by atoms with E-state index in [4.69, 9.17) is 5.73 Å². The molecule has 1 aliphatic rings. The summed E-state index contributed by atoms with van der Waals surface area (Å²) in [5, 5.41) is 0. The van der Waals surface area contributed by atoms with Gasteiger partial charge in [-0.25, -0.2) is 0 Å². The molecule has 1 heterocycles. The van der Waals surface area contributed by atoms with E-state index < -0.39 is 0 Å². The van der Waals surface area contributed by atoms with Gasteiger partial charge in [0.05, 0.1) is 0 Å². The number of hydrogen-bond acceptors (Lipinski definition) is 2. The van der Waals surface area contributed by atoms with Crippen molar-refractivity contribution in [2.45, 2.75) is 25.9 Å². The van der Waals surface area contributed by atoms with Crippen molar-refractivity contribution in [2.75, 3.05) is 6.54 Å². The largest absolute Gasteiger partial charge is 0.366 e. The predicted molar refractivity (Wildman–Crippen MR) is 68.2 cm³/mol. The highest BCUT2D eigenvalue weighted by molar-refractivity contribution is 5.92. The zero-order chi connectivity index (χ0) is 12.3. The van der Waals surface area contributed by atoms with Crippen LogP contribution >= 0.6 is 0 Å². The van der Waals surface area contributed by atoms with Crippen LogP contribution < -0.4 is 5.73 Å². The molecule has 1 aromatic carbocycles. The minimum absolute atomic E-state index is 0.296. The van der Waals surface area contributed by atoms with Gasteiger partial charge in [0.25, 0.3) is 0 Å². The number of carbonyl (C=O) groups excluding carboxylic acids is 1. The Morgan fingerprint density at radius 1 is 1.41 bits per heavy atom. The first-order chi connectivity index (χ1) is 8.16. The molecule has 0 bridgehead atoms. The lowest BCUT2D eigenvalue weighted by Crippen LogP contribution is -2.39. The number of benzene rings is 1. The van der Waals surface area contributed by atoms with Crippen LogP contribution in [-0.4, -0.2) is 23.4 Å². The SMILES string of the molecule is C[C@H]1CC=C(C(N)=O)CN1Cc1ccccc1. The van der Waals surface area contributed by atoms with Crippen LogP contribution in [0.2, 0.25) is 0 Å². The van der Waals surface area contributed by atoms with Gasteiger partial charge in [-0.1, -0.05) is 36.4 Å². The monoisotopic (exact) mass is 230 g/mol. The molecule has 0 saturated heterocycles. The quantitative estimate of drug-likeness (QED) is 0.859. The third kappa shape index (κ3) is 2.94. The van der Waals surface area contributed by atoms with Crippen molar-refractivity contribution < 1.29 is 4.79 Å². The van der Waals surface area contributed by atoms with Crippen LogP contribution in [0.4, 0.5) is 0 Å². The van der Waals surface area contributed by atoms with Crippen LogP contribution in [0.1, 0.15) is 18.9 Å². The van der Waals surface area contributed by atoms with Crippen LogP contribution in [0.15, 0.2) is 42.0 Å². The van der Waals surface area contributed by atoms with Crippen LogP contribution in [0.5, 0.6) is 0 Å². The Labute approximate surface area is 102 Å². The van der Waals surface area contributed by atoms with E-state index in [0.29, 0.717) is 12.6 Å². The molecular formula is C14H18N2O. The molecule has 0 unspecified atom stereocenters. The van der Waals surface area contributed by atoms with Crippen LogP contribution in [-0.2, 0) is 11.3 Å². The van der Waals surface area contributed by atoms with Crippen LogP contribution in [0.3, 0.4) is 0 Å². The zero-order valence-electron chi connectivity index (χ0n) is 10.1. The predicted octanol–water partition coefficient (Wildman–Crippen LogP) is 1.69. The van der Waals surface area contributed by atoms with E-state index in [1.165, 1.54) is 5.56 Å². The Morgan fingerprint density at radius 2 is 2.12 bits per heavy atom. The summed E-state index contributed by atoms with van der Waals surface area (Å²) < 4.78 is 0. The summed E-state index contributed by atoms with van der Waals surface area (Å²) in [7, 11) is 0. The number of primary amides is 1. The Hall–Kier alpha value is -1.61. The standard InChI is InChI=1S/C14H18N2O/c1-11-7-8-13(14(15)17)10-16(11)9-12-5-3-2-4-6-12/h2-6,8,11H,7,9-10H2,1H3,(H2,15,17)/t11-/m0/s1. The summed E-state index contributed by atoms with van der Waals surface area (Å²) in [4.78, 5) is 13.5. The molecule has 0 fully saturated rings. The number of rotatable bonds is 3. The fourth-order valence-corrected chi connectivity index (χ4v) is 2.11. The maximum Gasteiger partial charge on any atom is 0.245 e. The van der Waals surface area contributed by atoms with Gasteiger partial charge in [-0.2, -0.15) is 0 Å². The fraction of sp³-hybridized carbons (Fsp3) is 0.357. The first-order valence-corrected chi connectivity index (χ1v) is 5.93. The summed E-state index contributed by atoms with van der Waals surface area (Å²) in [6, 6.07) is 10.8.